The number of carbonyl (C=O) groups is 1. The van der Waals surface area contributed by atoms with Gasteiger partial charge in [-0.15, -0.1) is 0 Å². The molecule has 1 aliphatic rings. The summed E-state index contributed by atoms with van der Waals surface area (Å²) in [7, 11) is 0. The summed E-state index contributed by atoms with van der Waals surface area (Å²) in [6.45, 7) is 2.30. The first kappa shape index (κ1) is 16.2. The molecule has 3 rings (SSSR count). The molecule has 1 aromatic carbocycles. The quantitative estimate of drug-likeness (QED) is 0.864. The van der Waals surface area contributed by atoms with Crippen molar-refractivity contribution >= 4 is 21.8 Å². The van der Waals surface area contributed by atoms with E-state index in [0.717, 1.165) is 37.1 Å². The lowest BCUT2D eigenvalue weighted by atomic mass is 10.1. The van der Waals surface area contributed by atoms with Crippen molar-refractivity contribution in [2.45, 2.75) is 45.2 Å². The topological polar surface area (TPSA) is 49.0 Å². The van der Waals surface area contributed by atoms with Gasteiger partial charge in [0.05, 0.1) is 10.7 Å². The summed E-state index contributed by atoms with van der Waals surface area (Å²) in [6.07, 6.45) is 5.90. The van der Waals surface area contributed by atoms with Crippen LogP contribution in [0, 0.1) is 12.7 Å². The van der Waals surface area contributed by atoms with Crippen molar-refractivity contribution in [1.82, 2.24) is 14.9 Å². The third-order valence-corrected chi connectivity index (χ3v) is 4.90. The molecule has 0 saturated heterocycles. The number of rotatable bonds is 4. The molecule has 4 nitrogen and oxygen atoms in total. The van der Waals surface area contributed by atoms with E-state index in [0.29, 0.717) is 16.7 Å². The highest BCUT2D eigenvalue weighted by Crippen LogP contribution is 2.27. The van der Waals surface area contributed by atoms with Gasteiger partial charge in [0, 0.05) is 12.6 Å². The highest BCUT2D eigenvalue weighted by Gasteiger charge is 2.28. The molecule has 1 saturated carbocycles. The molecule has 2 aromatic rings. The Morgan fingerprint density at radius 2 is 2.17 bits per heavy atom. The lowest BCUT2D eigenvalue weighted by Crippen LogP contribution is -2.38. The molecule has 0 radical (unpaired) electrons. The van der Waals surface area contributed by atoms with Crippen LogP contribution in [0.2, 0.25) is 0 Å². The summed E-state index contributed by atoms with van der Waals surface area (Å²) < 4.78 is 13.8. The molecule has 122 valence electrons. The van der Waals surface area contributed by atoms with E-state index in [1.807, 2.05) is 11.8 Å². The molecular weight excluding hydrogens is 361 g/mol. The van der Waals surface area contributed by atoms with E-state index < -0.39 is 0 Å². The number of amides is 1. The number of H-pyrrole nitrogens is 1. The number of aromatic nitrogens is 2. The molecule has 1 aromatic heterocycles. The molecule has 1 amide bonds. The summed E-state index contributed by atoms with van der Waals surface area (Å²) in [4.78, 5) is 21.9. The van der Waals surface area contributed by atoms with Crippen molar-refractivity contribution in [3.8, 4) is 0 Å². The van der Waals surface area contributed by atoms with Gasteiger partial charge in [-0.3, -0.25) is 4.79 Å². The maximum absolute atomic E-state index is 13.4. The number of carbonyl (C=O) groups excluding carboxylic acids is 1. The molecule has 0 unspecified atom stereocenters. The van der Waals surface area contributed by atoms with Crippen LogP contribution in [0.25, 0.3) is 0 Å². The average Bonchev–Trinajstić information content (AvgIpc) is 3.19. The largest absolute Gasteiger partial charge is 0.338 e. The van der Waals surface area contributed by atoms with E-state index in [9.17, 15) is 9.18 Å². The predicted molar refractivity (Wildman–Crippen MR) is 89.6 cm³/mol. The number of nitrogens with zero attached hydrogens (tertiary/aromatic N) is 2. The maximum atomic E-state index is 13.4. The van der Waals surface area contributed by atoms with Crippen LogP contribution in [-0.2, 0) is 6.54 Å². The number of halogens is 2. The van der Waals surface area contributed by atoms with Crippen LogP contribution < -0.4 is 0 Å². The van der Waals surface area contributed by atoms with Crippen molar-refractivity contribution in [3.05, 3.63) is 51.8 Å². The summed E-state index contributed by atoms with van der Waals surface area (Å²) >= 11 is 3.21. The van der Waals surface area contributed by atoms with E-state index >= 15 is 0 Å². The van der Waals surface area contributed by atoms with Crippen LogP contribution in [0.5, 0.6) is 0 Å². The molecular formula is C17H19BrFN3O. The van der Waals surface area contributed by atoms with Crippen molar-refractivity contribution in [2.75, 3.05) is 0 Å². The predicted octanol–water partition coefficient (Wildman–Crippen LogP) is 4.20. The van der Waals surface area contributed by atoms with E-state index in [4.69, 9.17) is 0 Å². The fraction of sp³-hybridized carbons (Fsp3) is 0.412. The van der Waals surface area contributed by atoms with Crippen LogP contribution >= 0.6 is 15.9 Å². The third-order valence-electron chi connectivity index (χ3n) is 4.30. The van der Waals surface area contributed by atoms with Gasteiger partial charge >= 0.3 is 0 Å². The Kier molecular flexibility index (Phi) is 4.80. The van der Waals surface area contributed by atoms with Crippen LogP contribution in [0.3, 0.4) is 0 Å². The van der Waals surface area contributed by atoms with Gasteiger partial charge in [-0.2, -0.15) is 0 Å². The van der Waals surface area contributed by atoms with Crippen molar-refractivity contribution in [1.29, 1.82) is 0 Å². The minimum absolute atomic E-state index is 0.0436. The van der Waals surface area contributed by atoms with Gasteiger partial charge in [0.1, 0.15) is 17.3 Å². The molecule has 1 heterocycles. The zero-order chi connectivity index (χ0) is 16.4. The van der Waals surface area contributed by atoms with Gasteiger partial charge in [0.2, 0.25) is 0 Å². The Morgan fingerprint density at radius 3 is 2.78 bits per heavy atom. The van der Waals surface area contributed by atoms with Gasteiger partial charge in [0.25, 0.3) is 5.91 Å². The van der Waals surface area contributed by atoms with Gasteiger partial charge in [-0.1, -0.05) is 18.9 Å². The second-order valence-corrected chi connectivity index (χ2v) is 6.86. The Hall–Kier alpha value is -1.69. The number of aryl methyl sites for hydroxylation is 1. The molecule has 0 atom stereocenters. The smallest absolute Gasteiger partial charge is 0.272 e. The minimum Gasteiger partial charge on any atom is -0.338 e. The number of hydrogen-bond donors (Lipinski definition) is 1. The zero-order valence-corrected chi connectivity index (χ0v) is 14.6. The highest BCUT2D eigenvalue weighted by atomic mass is 79.9. The first-order valence-corrected chi connectivity index (χ1v) is 8.60. The lowest BCUT2D eigenvalue weighted by Gasteiger charge is -2.28. The summed E-state index contributed by atoms with van der Waals surface area (Å²) in [5.74, 6) is 0.388. The van der Waals surface area contributed by atoms with E-state index in [1.165, 1.54) is 6.07 Å². The van der Waals surface area contributed by atoms with Gasteiger partial charge in [0.15, 0.2) is 0 Å². The third kappa shape index (κ3) is 3.63. The number of aromatic amines is 1. The second kappa shape index (κ2) is 6.83. The SMILES string of the molecule is Cc1ncc(C(=O)N(Cc2ccc(F)c(Br)c2)C2CCCC2)[nH]1. The average molecular weight is 380 g/mol. The van der Waals surface area contributed by atoms with Crippen LogP contribution in [0.15, 0.2) is 28.9 Å². The van der Waals surface area contributed by atoms with Gasteiger partial charge < -0.3 is 9.88 Å². The number of imidazole rings is 1. The number of nitrogens with one attached hydrogen (secondary N) is 1. The number of hydrogen-bond acceptors (Lipinski definition) is 2. The first-order chi connectivity index (χ1) is 11.0. The molecule has 6 heteroatoms. The van der Waals surface area contributed by atoms with Gasteiger partial charge in [-0.25, -0.2) is 9.37 Å². The normalized spacial score (nSPS) is 15.1. The summed E-state index contributed by atoms with van der Waals surface area (Å²) in [6, 6.07) is 5.13. The fourth-order valence-electron chi connectivity index (χ4n) is 3.10. The molecule has 0 spiro atoms. The van der Waals surface area contributed by atoms with Crippen LogP contribution in [-0.4, -0.2) is 26.8 Å². The van der Waals surface area contributed by atoms with Gasteiger partial charge in [-0.05, 0) is 53.4 Å². The van der Waals surface area contributed by atoms with Crippen molar-refractivity contribution in [2.24, 2.45) is 0 Å². The Bertz CT molecular complexity index is 710. The van der Waals surface area contributed by atoms with Crippen LogP contribution in [0.4, 0.5) is 4.39 Å². The first-order valence-electron chi connectivity index (χ1n) is 7.81. The summed E-state index contributed by atoms with van der Waals surface area (Å²) in [5.41, 5.74) is 1.42. The maximum Gasteiger partial charge on any atom is 0.272 e. The summed E-state index contributed by atoms with van der Waals surface area (Å²) in [5, 5.41) is 0. The van der Waals surface area contributed by atoms with E-state index in [-0.39, 0.29) is 17.8 Å². The number of benzene rings is 1. The second-order valence-electron chi connectivity index (χ2n) is 6.00. The molecule has 0 bridgehead atoms. The van der Waals surface area contributed by atoms with Crippen molar-refractivity contribution in [3.63, 3.8) is 0 Å². The Labute approximate surface area is 143 Å². The van der Waals surface area contributed by atoms with E-state index in [1.54, 1.807) is 18.3 Å². The van der Waals surface area contributed by atoms with Crippen LogP contribution in [0.1, 0.15) is 47.6 Å². The lowest BCUT2D eigenvalue weighted by molar-refractivity contribution is 0.0659. The van der Waals surface area contributed by atoms with E-state index in [2.05, 4.69) is 25.9 Å². The standard InChI is InChI=1S/C17H19BrFN3O/c1-11-20-9-16(21-11)17(23)22(13-4-2-3-5-13)10-12-6-7-15(19)14(18)8-12/h6-9,13H,2-5,10H2,1H3,(H,20,21). The Balaban J connectivity index is 1.85. The van der Waals surface area contributed by atoms with Crippen molar-refractivity contribution < 1.29 is 9.18 Å². The zero-order valence-electron chi connectivity index (χ0n) is 13.0. The Morgan fingerprint density at radius 1 is 1.43 bits per heavy atom. The minimum atomic E-state index is -0.295. The fourth-order valence-corrected chi connectivity index (χ4v) is 3.53. The molecule has 1 N–H and O–H groups in total. The molecule has 1 fully saturated rings. The monoisotopic (exact) mass is 379 g/mol. The highest BCUT2D eigenvalue weighted by molar-refractivity contribution is 9.10. The molecule has 23 heavy (non-hydrogen) atoms. The molecule has 0 aliphatic heterocycles. The molecule has 1 aliphatic carbocycles.